The number of benzene rings is 1. The van der Waals surface area contributed by atoms with Crippen LogP contribution in [0, 0.1) is 0 Å². The van der Waals surface area contributed by atoms with Crippen molar-refractivity contribution in [2.24, 2.45) is 0 Å². The van der Waals surface area contributed by atoms with E-state index in [0.717, 1.165) is 5.56 Å². The van der Waals surface area contributed by atoms with E-state index in [-0.39, 0.29) is 24.0 Å². The predicted molar refractivity (Wildman–Crippen MR) is 115 cm³/mol. The van der Waals surface area contributed by atoms with Crippen LogP contribution in [0.1, 0.15) is 17.9 Å². The second kappa shape index (κ2) is 8.53. The van der Waals surface area contributed by atoms with Crippen molar-refractivity contribution < 1.29 is 22.0 Å². The van der Waals surface area contributed by atoms with E-state index in [9.17, 15) is 13.2 Å². The summed E-state index contributed by atoms with van der Waals surface area (Å²) in [7, 11) is -3.15. The molecule has 2 aromatic heterocycles. The molecule has 0 unspecified atom stereocenters. The molecule has 1 atom stereocenters. The van der Waals surface area contributed by atoms with Crippen LogP contribution in [0.25, 0.3) is 17.4 Å². The Morgan fingerprint density at radius 2 is 1.97 bits per heavy atom. The highest BCUT2D eigenvalue weighted by Gasteiger charge is 2.34. The Kier molecular flexibility index (Phi) is 5.83. The number of hydrogen-bond donors (Lipinski definition) is 0. The monoisotopic (exact) mass is 445 g/mol. The van der Waals surface area contributed by atoms with Gasteiger partial charge in [0.2, 0.25) is 5.91 Å². The quantitative estimate of drug-likeness (QED) is 0.524. The smallest absolute Gasteiger partial charge is 0.247 e. The molecule has 0 bridgehead atoms. The average Bonchev–Trinajstić information content (AvgIpc) is 3.46. The van der Waals surface area contributed by atoms with E-state index in [2.05, 4.69) is 0 Å². The summed E-state index contributed by atoms with van der Waals surface area (Å²) in [4.78, 5) is 14.5. The number of hydrogen-bond acceptors (Lipinski definition) is 5. The molecule has 0 saturated carbocycles. The highest BCUT2D eigenvalue weighted by atomic mass is 35.5. The minimum atomic E-state index is -3.15. The number of amides is 1. The van der Waals surface area contributed by atoms with Crippen LogP contribution in [0.4, 0.5) is 0 Å². The first-order valence-electron chi connectivity index (χ1n) is 9.47. The standard InChI is InChI=1S/C22H20ClNO5S/c23-17-5-3-16(4-6-17)21-9-7-20(29-21)14-24(18-11-13-30(26,27)15-18)22(25)10-8-19-2-1-12-28-19/h1-10,12,18H,11,13-15H2/b10-8+/t18-/m0/s1. The van der Waals surface area contributed by atoms with E-state index in [4.69, 9.17) is 20.4 Å². The van der Waals surface area contributed by atoms with E-state index in [1.54, 1.807) is 41.3 Å². The van der Waals surface area contributed by atoms with E-state index in [1.807, 2.05) is 18.2 Å². The van der Waals surface area contributed by atoms with E-state index in [1.165, 1.54) is 12.3 Å². The molecule has 3 heterocycles. The van der Waals surface area contributed by atoms with Crippen LogP contribution in [0.2, 0.25) is 5.02 Å². The zero-order valence-corrected chi connectivity index (χ0v) is 17.6. The Hall–Kier alpha value is -2.77. The molecule has 1 aromatic carbocycles. The summed E-state index contributed by atoms with van der Waals surface area (Å²) in [6.07, 6.45) is 4.90. The number of sulfone groups is 1. The minimum Gasteiger partial charge on any atom is -0.465 e. The third-order valence-electron chi connectivity index (χ3n) is 4.98. The number of furan rings is 2. The van der Waals surface area contributed by atoms with Crippen molar-refractivity contribution in [3.05, 3.63) is 77.4 Å². The highest BCUT2D eigenvalue weighted by molar-refractivity contribution is 7.91. The van der Waals surface area contributed by atoms with Gasteiger partial charge in [-0.25, -0.2) is 8.42 Å². The van der Waals surface area contributed by atoms with Crippen LogP contribution < -0.4 is 0 Å². The van der Waals surface area contributed by atoms with Gasteiger partial charge in [0, 0.05) is 22.7 Å². The fourth-order valence-corrected chi connectivity index (χ4v) is 5.30. The first-order valence-corrected chi connectivity index (χ1v) is 11.7. The SMILES string of the molecule is O=C(/C=C/c1ccco1)N(Cc1ccc(-c2ccc(Cl)cc2)o1)[C@H]1CCS(=O)(=O)C1. The lowest BCUT2D eigenvalue weighted by Gasteiger charge is -2.26. The topological polar surface area (TPSA) is 80.7 Å². The first kappa shape index (κ1) is 20.5. The number of carbonyl (C=O) groups is 1. The molecule has 1 aliphatic rings. The second-order valence-corrected chi connectivity index (χ2v) is 9.81. The molecule has 0 radical (unpaired) electrons. The van der Waals surface area contributed by atoms with Crippen LogP contribution >= 0.6 is 11.6 Å². The Bertz CT molecular complexity index is 1150. The van der Waals surface area contributed by atoms with E-state index >= 15 is 0 Å². The van der Waals surface area contributed by atoms with Gasteiger partial charge in [-0.05, 0) is 61.0 Å². The lowest BCUT2D eigenvalue weighted by atomic mass is 10.2. The van der Waals surface area contributed by atoms with Gasteiger partial charge < -0.3 is 13.7 Å². The second-order valence-electron chi connectivity index (χ2n) is 7.14. The van der Waals surface area contributed by atoms with Crippen LogP contribution in [0.3, 0.4) is 0 Å². The zero-order chi connectivity index (χ0) is 21.1. The predicted octanol–water partition coefficient (Wildman–Crippen LogP) is 4.42. The Morgan fingerprint density at radius 3 is 2.63 bits per heavy atom. The number of rotatable bonds is 6. The molecule has 156 valence electrons. The van der Waals surface area contributed by atoms with Gasteiger partial charge >= 0.3 is 0 Å². The third-order valence-corrected chi connectivity index (χ3v) is 6.98. The molecule has 30 heavy (non-hydrogen) atoms. The number of halogens is 1. The maximum atomic E-state index is 12.9. The van der Waals surface area contributed by atoms with E-state index in [0.29, 0.717) is 28.7 Å². The molecule has 0 N–H and O–H groups in total. The van der Waals surface area contributed by atoms with Gasteiger partial charge in [0.1, 0.15) is 17.3 Å². The van der Waals surface area contributed by atoms with Gasteiger partial charge in [-0.1, -0.05) is 11.6 Å². The third kappa shape index (κ3) is 4.86. The van der Waals surface area contributed by atoms with Crippen molar-refractivity contribution in [1.29, 1.82) is 0 Å². The van der Waals surface area contributed by atoms with Crippen molar-refractivity contribution in [1.82, 2.24) is 4.90 Å². The summed E-state index contributed by atoms with van der Waals surface area (Å²) in [5, 5.41) is 0.632. The summed E-state index contributed by atoms with van der Waals surface area (Å²) in [6, 6.07) is 13.9. The van der Waals surface area contributed by atoms with Gasteiger partial charge in [-0.3, -0.25) is 4.79 Å². The molecule has 6 nitrogen and oxygen atoms in total. The molecule has 1 saturated heterocycles. The van der Waals surface area contributed by atoms with Crippen LogP contribution in [0.5, 0.6) is 0 Å². The summed E-state index contributed by atoms with van der Waals surface area (Å²) in [6.45, 7) is 0.176. The van der Waals surface area contributed by atoms with Crippen molar-refractivity contribution in [2.45, 2.75) is 19.0 Å². The fourth-order valence-electron chi connectivity index (χ4n) is 3.44. The molecule has 1 aliphatic heterocycles. The molecule has 3 aromatic rings. The van der Waals surface area contributed by atoms with Gasteiger partial charge in [-0.2, -0.15) is 0 Å². The van der Waals surface area contributed by atoms with Crippen molar-refractivity contribution >= 4 is 33.4 Å². The highest BCUT2D eigenvalue weighted by Crippen LogP contribution is 2.26. The number of nitrogens with zero attached hydrogens (tertiary/aromatic N) is 1. The molecular formula is C22H20ClNO5S. The Labute approximate surface area is 179 Å². The Balaban J connectivity index is 1.55. The van der Waals surface area contributed by atoms with Crippen LogP contribution in [0.15, 0.2) is 69.7 Å². The van der Waals surface area contributed by atoms with E-state index < -0.39 is 15.9 Å². The molecule has 0 aliphatic carbocycles. The van der Waals surface area contributed by atoms with Crippen LogP contribution in [-0.2, 0) is 21.2 Å². The van der Waals surface area contributed by atoms with Gasteiger partial charge in [0.25, 0.3) is 0 Å². The molecule has 0 spiro atoms. The molecule has 4 rings (SSSR count). The summed E-state index contributed by atoms with van der Waals surface area (Å²) >= 11 is 5.93. The summed E-state index contributed by atoms with van der Waals surface area (Å²) in [5.41, 5.74) is 0.865. The van der Waals surface area contributed by atoms with Crippen molar-refractivity contribution in [3.63, 3.8) is 0 Å². The molecular weight excluding hydrogens is 426 g/mol. The van der Waals surface area contributed by atoms with Crippen molar-refractivity contribution in [3.8, 4) is 11.3 Å². The normalized spacial score (nSPS) is 18.1. The van der Waals surface area contributed by atoms with Gasteiger partial charge in [0.05, 0.1) is 24.3 Å². The number of carbonyl (C=O) groups excluding carboxylic acids is 1. The molecule has 8 heteroatoms. The average molecular weight is 446 g/mol. The van der Waals surface area contributed by atoms with Crippen LogP contribution in [-0.4, -0.2) is 36.8 Å². The molecule has 1 fully saturated rings. The Morgan fingerprint density at radius 1 is 1.17 bits per heavy atom. The summed E-state index contributed by atoms with van der Waals surface area (Å²) in [5.74, 6) is 1.52. The molecule has 1 amide bonds. The first-order chi connectivity index (χ1) is 14.4. The summed E-state index contributed by atoms with van der Waals surface area (Å²) < 4.78 is 35.1. The van der Waals surface area contributed by atoms with Gasteiger partial charge in [-0.15, -0.1) is 0 Å². The van der Waals surface area contributed by atoms with Crippen molar-refractivity contribution in [2.75, 3.05) is 11.5 Å². The van der Waals surface area contributed by atoms with Gasteiger partial charge in [0.15, 0.2) is 9.84 Å². The lowest BCUT2D eigenvalue weighted by molar-refractivity contribution is -0.128. The largest absolute Gasteiger partial charge is 0.465 e. The maximum absolute atomic E-state index is 12.9. The lowest BCUT2D eigenvalue weighted by Crippen LogP contribution is -2.39. The maximum Gasteiger partial charge on any atom is 0.247 e. The minimum absolute atomic E-state index is 0.0436. The zero-order valence-electron chi connectivity index (χ0n) is 16.0. The fraction of sp³-hybridized carbons (Fsp3) is 0.227.